The Bertz CT molecular complexity index is 1530. The average Bonchev–Trinajstić information content (AvgIpc) is 3.24. The fourth-order valence-electron chi connectivity index (χ4n) is 6.68. The van der Waals surface area contributed by atoms with E-state index in [2.05, 4.69) is 30.6 Å². The quantitative estimate of drug-likeness (QED) is 0.0393. The van der Waals surface area contributed by atoms with Crippen LogP contribution < -0.4 is 14.2 Å². The highest BCUT2D eigenvalue weighted by Gasteiger charge is 2.10. The van der Waals surface area contributed by atoms with Crippen molar-refractivity contribution in [3.63, 3.8) is 0 Å². The van der Waals surface area contributed by atoms with Crippen LogP contribution in [-0.2, 0) is 0 Å². The molecule has 0 heterocycles. The molecule has 0 aliphatic carbocycles. The SMILES string of the molecule is CCCCCCCCCCCCCCCCCCCCCCOc1c(C#Cc2ccc(OCC(O)CO)cc2)cc(C)cc1C#Cc1ccc(OCC(O)CO)cc1. The summed E-state index contributed by atoms with van der Waals surface area (Å²) in [6, 6.07) is 18.7. The fraction of sp³-hybridized carbons (Fsp3) is 0.569. The molecule has 3 aromatic rings. The van der Waals surface area contributed by atoms with Crippen LogP contribution in [0, 0.1) is 30.6 Å². The molecule has 0 aliphatic heterocycles. The Kier molecular flexibility index (Phi) is 25.9. The molecule has 0 saturated heterocycles. The summed E-state index contributed by atoms with van der Waals surface area (Å²) in [5.74, 6) is 15.0. The molecular weight excluding hydrogens is 725 g/mol. The zero-order chi connectivity index (χ0) is 41.5. The minimum Gasteiger partial charge on any atom is -0.491 e. The molecule has 0 aromatic heterocycles. The summed E-state index contributed by atoms with van der Waals surface area (Å²) in [6.45, 7) is 4.23. The van der Waals surface area contributed by atoms with Crippen LogP contribution in [0.1, 0.15) is 163 Å². The maximum absolute atomic E-state index is 9.58. The molecule has 7 heteroatoms. The number of rotatable bonds is 30. The van der Waals surface area contributed by atoms with Crippen molar-refractivity contribution in [2.45, 2.75) is 154 Å². The molecule has 4 N–H and O–H groups in total. The molecule has 318 valence electrons. The number of aryl methyl sites for hydroxylation is 1. The summed E-state index contributed by atoms with van der Waals surface area (Å²) in [6.07, 6.45) is 25.1. The first-order valence-electron chi connectivity index (χ1n) is 22.3. The van der Waals surface area contributed by atoms with E-state index in [0.717, 1.165) is 40.7 Å². The molecular formula is C51H72O7. The molecule has 3 aromatic carbocycles. The molecule has 0 spiro atoms. The summed E-state index contributed by atoms with van der Waals surface area (Å²) in [5, 5.41) is 37.3. The normalized spacial score (nSPS) is 11.9. The van der Waals surface area contributed by atoms with Crippen molar-refractivity contribution in [2.24, 2.45) is 0 Å². The zero-order valence-electron chi connectivity index (χ0n) is 35.6. The van der Waals surface area contributed by atoms with Crippen LogP contribution in [0.15, 0.2) is 60.7 Å². The second kappa shape index (κ2) is 31.0. The van der Waals surface area contributed by atoms with Gasteiger partial charge in [-0.1, -0.05) is 153 Å². The van der Waals surface area contributed by atoms with Crippen LogP contribution >= 0.6 is 0 Å². The largest absolute Gasteiger partial charge is 0.491 e. The molecule has 58 heavy (non-hydrogen) atoms. The van der Waals surface area contributed by atoms with Gasteiger partial charge in [0.1, 0.15) is 36.9 Å². The topological polar surface area (TPSA) is 109 Å². The Morgan fingerprint density at radius 1 is 0.466 bits per heavy atom. The number of ether oxygens (including phenoxy) is 3. The monoisotopic (exact) mass is 797 g/mol. The van der Waals surface area contributed by atoms with Crippen molar-refractivity contribution in [1.29, 1.82) is 0 Å². The third-order valence-electron chi connectivity index (χ3n) is 10.2. The van der Waals surface area contributed by atoms with E-state index in [1.54, 1.807) is 24.3 Å². The van der Waals surface area contributed by atoms with Crippen LogP contribution in [0.25, 0.3) is 0 Å². The highest BCUT2D eigenvalue weighted by molar-refractivity contribution is 5.61. The van der Waals surface area contributed by atoms with Gasteiger partial charge in [-0.15, -0.1) is 0 Å². The van der Waals surface area contributed by atoms with Crippen molar-refractivity contribution in [2.75, 3.05) is 33.0 Å². The number of hydrogen-bond acceptors (Lipinski definition) is 7. The second-order valence-corrected chi connectivity index (χ2v) is 15.6. The summed E-state index contributed by atoms with van der Waals surface area (Å²) in [4.78, 5) is 0. The van der Waals surface area contributed by atoms with Gasteiger partial charge in [-0.25, -0.2) is 0 Å². The van der Waals surface area contributed by atoms with Gasteiger partial charge in [0.05, 0.1) is 30.9 Å². The van der Waals surface area contributed by atoms with Gasteiger partial charge in [0, 0.05) is 11.1 Å². The Morgan fingerprint density at radius 3 is 1.16 bits per heavy atom. The van der Waals surface area contributed by atoms with Gasteiger partial charge in [-0.05, 0) is 79.6 Å². The molecule has 0 radical (unpaired) electrons. The van der Waals surface area contributed by atoms with Crippen molar-refractivity contribution < 1.29 is 34.6 Å². The van der Waals surface area contributed by atoms with Gasteiger partial charge in [0.15, 0.2) is 5.75 Å². The Hall–Kier alpha value is -3.98. The van der Waals surface area contributed by atoms with E-state index in [4.69, 9.17) is 24.4 Å². The number of aliphatic hydroxyl groups is 4. The number of benzene rings is 3. The molecule has 2 atom stereocenters. The lowest BCUT2D eigenvalue weighted by molar-refractivity contribution is 0.0536. The minimum absolute atomic E-state index is 0.0154. The van der Waals surface area contributed by atoms with Crippen molar-refractivity contribution in [3.8, 4) is 40.9 Å². The average molecular weight is 797 g/mol. The molecule has 3 rings (SSSR count). The molecule has 0 saturated carbocycles. The van der Waals surface area contributed by atoms with Crippen LogP contribution in [-0.4, -0.2) is 65.7 Å². The maximum atomic E-state index is 9.58. The number of hydrogen-bond donors (Lipinski definition) is 4. The molecule has 0 amide bonds. The lowest BCUT2D eigenvalue weighted by Crippen LogP contribution is -2.21. The van der Waals surface area contributed by atoms with Crippen LogP contribution in [0.4, 0.5) is 0 Å². The highest BCUT2D eigenvalue weighted by atomic mass is 16.5. The van der Waals surface area contributed by atoms with Crippen molar-refractivity contribution in [1.82, 2.24) is 0 Å². The van der Waals surface area contributed by atoms with E-state index in [1.807, 2.05) is 43.3 Å². The van der Waals surface area contributed by atoms with E-state index < -0.39 is 12.2 Å². The lowest BCUT2D eigenvalue weighted by atomic mass is 10.0. The Labute approximate surface area is 350 Å². The van der Waals surface area contributed by atoms with Crippen molar-refractivity contribution >= 4 is 0 Å². The molecule has 0 aliphatic rings. The third kappa shape index (κ3) is 21.7. The minimum atomic E-state index is -0.925. The van der Waals surface area contributed by atoms with Gasteiger partial charge in [-0.2, -0.15) is 0 Å². The summed E-state index contributed by atoms with van der Waals surface area (Å²) < 4.78 is 17.5. The van der Waals surface area contributed by atoms with Gasteiger partial charge in [0.2, 0.25) is 0 Å². The predicted molar refractivity (Wildman–Crippen MR) is 237 cm³/mol. The third-order valence-corrected chi connectivity index (χ3v) is 10.2. The lowest BCUT2D eigenvalue weighted by Gasteiger charge is -2.12. The first-order valence-corrected chi connectivity index (χ1v) is 22.3. The highest BCUT2D eigenvalue weighted by Crippen LogP contribution is 2.26. The molecule has 0 fully saturated rings. The van der Waals surface area contributed by atoms with Crippen LogP contribution in [0.5, 0.6) is 17.2 Å². The summed E-state index contributed by atoms with van der Waals surface area (Å²) in [7, 11) is 0. The smallest absolute Gasteiger partial charge is 0.150 e. The number of aliphatic hydroxyl groups excluding tert-OH is 4. The van der Waals surface area contributed by atoms with E-state index in [0.29, 0.717) is 23.9 Å². The van der Waals surface area contributed by atoms with E-state index in [1.165, 1.54) is 116 Å². The first-order chi connectivity index (χ1) is 28.4. The summed E-state index contributed by atoms with van der Waals surface area (Å²) in [5.41, 5.74) is 4.18. The van der Waals surface area contributed by atoms with Gasteiger partial charge < -0.3 is 34.6 Å². The van der Waals surface area contributed by atoms with Crippen molar-refractivity contribution in [3.05, 3.63) is 88.5 Å². The first kappa shape index (κ1) is 48.4. The van der Waals surface area contributed by atoms with Gasteiger partial charge >= 0.3 is 0 Å². The number of unbranched alkanes of at least 4 members (excludes halogenated alkanes) is 19. The maximum Gasteiger partial charge on any atom is 0.150 e. The Balaban J connectivity index is 1.48. The fourth-order valence-corrected chi connectivity index (χ4v) is 6.68. The van der Waals surface area contributed by atoms with E-state index >= 15 is 0 Å². The van der Waals surface area contributed by atoms with Gasteiger partial charge in [-0.3, -0.25) is 0 Å². The zero-order valence-corrected chi connectivity index (χ0v) is 35.6. The van der Waals surface area contributed by atoms with E-state index in [-0.39, 0.29) is 26.4 Å². The molecule has 7 nitrogen and oxygen atoms in total. The van der Waals surface area contributed by atoms with E-state index in [9.17, 15) is 10.2 Å². The second-order valence-electron chi connectivity index (χ2n) is 15.6. The standard InChI is InChI=1S/C51H72O7/c1-3-4-5-6-7-8-9-10-11-12-13-14-15-16-17-18-19-20-21-22-35-56-51-45(29-23-43-25-31-49(32-26-43)57-40-47(54)38-52)36-42(2)37-46(51)30-24-44-27-33-50(34-28-44)58-41-48(55)39-53/h25-28,31-34,36-37,47-48,52-55H,3-22,35,38-41H2,1-2H3. The molecule has 0 bridgehead atoms. The molecule has 2 unspecified atom stereocenters. The predicted octanol–water partition coefficient (Wildman–Crippen LogP) is 10.5. The Morgan fingerprint density at radius 2 is 0.810 bits per heavy atom. The summed E-state index contributed by atoms with van der Waals surface area (Å²) >= 11 is 0. The van der Waals surface area contributed by atoms with Gasteiger partial charge in [0.25, 0.3) is 0 Å². The van der Waals surface area contributed by atoms with Crippen LogP contribution in [0.3, 0.4) is 0 Å². The van der Waals surface area contributed by atoms with Crippen LogP contribution in [0.2, 0.25) is 0 Å².